The van der Waals surface area contributed by atoms with Crippen molar-refractivity contribution in [3.05, 3.63) is 12.5 Å². The first kappa shape index (κ1) is 13.5. The van der Waals surface area contributed by atoms with Crippen LogP contribution >= 0.6 is 11.6 Å². The number of hydrogen-bond acceptors (Lipinski definition) is 3. The Morgan fingerprint density at radius 2 is 2.31 bits per heavy atom. The van der Waals surface area contributed by atoms with Gasteiger partial charge in [-0.15, -0.1) is 11.6 Å². The number of sulfonamides is 1. The van der Waals surface area contributed by atoms with Gasteiger partial charge in [0.15, 0.2) is 5.03 Å². The van der Waals surface area contributed by atoms with E-state index in [4.69, 9.17) is 11.6 Å². The van der Waals surface area contributed by atoms with Crippen LogP contribution in [-0.4, -0.2) is 29.9 Å². The molecular weight excluding hydrogens is 250 g/mol. The number of alkyl halides is 1. The van der Waals surface area contributed by atoms with Gasteiger partial charge in [0.25, 0.3) is 10.0 Å². The second kappa shape index (κ2) is 5.65. The molecule has 5 nitrogen and oxygen atoms in total. The molecule has 0 amide bonds. The summed E-state index contributed by atoms with van der Waals surface area (Å²) in [5.41, 5.74) is 0. The van der Waals surface area contributed by atoms with Gasteiger partial charge in [0.05, 0.1) is 6.33 Å². The van der Waals surface area contributed by atoms with Crippen molar-refractivity contribution in [1.29, 1.82) is 0 Å². The normalized spacial score (nSPS) is 13.9. The Balaban J connectivity index is 2.78. The van der Waals surface area contributed by atoms with Gasteiger partial charge in [-0.25, -0.2) is 18.1 Å². The van der Waals surface area contributed by atoms with Crippen LogP contribution in [0.2, 0.25) is 0 Å². The van der Waals surface area contributed by atoms with Gasteiger partial charge >= 0.3 is 0 Å². The van der Waals surface area contributed by atoms with Gasteiger partial charge < -0.3 is 4.57 Å². The summed E-state index contributed by atoms with van der Waals surface area (Å²) in [6.07, 6.45) is 4.25. The molecule has 1 unspecified atom stereocenters. The summed E-state index contributed by atoms with van der Waals surface area (Å²) in [6.45, 7) is 1.91. The van der Waals surface area contributed by atoms with Crippen molar-refractivity contribution in [2.45, 2.75) is 30.8 Å². The average molecular weight is 266 g/mol. The highest BCUT2D eigenvalue weighted by Crippen LogP contribution is 2.08. The molecule has 92 valence electrons. The first-order valence-electron chi connectivity index (χ1n) is 5.06. The summed E-state index contributed by atoms with van der Waals surface area (Å²) < 4.78 is 27.9. The fourth-order valence-corrected chi connectivity index (χ4v) is 2.88. The Hall–Kier alpha value is -0.590. The second-order valence-electron chi connectivity index (χ2n) is 3.58. The molecular formula is C9H16ClN3O2S. The molecule has 1 aromatic rings. The van der Waals surface area contributed by atoms with Crippen molar-refractivity contribution in [3.63, 3.8) is 0 Å². The van der Waals surface area contributed by atoms with E-state index in [9.17, 15) is 8.42 Å². The molecule has 0 aliphatic rings. The van der Waals surface area contributed by atoms with E-state index in [0.717, 1.165) is 0 Å². The van der Waals surface area contributed by atoms with E-state index >= 15 is 0 Å². The van der Waals surface area contributed by atoms with Crippen molar-refractivity contribution >= 4 is 21.6 Å². The predicted molar refractivity (Wildman–Crippen MR) is 62.9 cm³/mol. The van der Waals surface area contributed by atoms with Gasteiger partial charge in [0.1, 0.15) is 0 Å². The standard InChI is InChI=1S/C9H16ClN3O2S/c1-3-8(4-5-10)12-16(14,15)9-6-13(2)7-11-9/h6-8,12H,3-5H2,1-2H3. The van der Waals surface area contributed by atoms with Crippen LogP contribution in [0.3, 0.4) is 0 Å². The third-order valence-corrected chi connectivity index (χ3v) is 3.85. The minimum absolute atomic E-state index is 0.0445. The first-order valence-corrected chi connectivity index (χ1v) is 7.07. The number of halogens is 1. The summed E-state index contributed by atoms with van der Waals surface area (Å²) in [5.74, 6) is 0.434. The Bertz CT molecular complexity index is 430. The van der Waals surface area contributed by atoms with Crippen molar-refractivity contribution < 1.29 is 8.42 Å². The maximum absolute atomic E-state index is 11.9. The number of hydrogen-bond donors (Lipinski definition) is 1. The predicted octanol–water partition coefficient (Wildman–Crippen LogP) is 1.11. The van der Waals surface area contributed by atoms with Crippen LogP contribution in [0.15, 0.2) is 17.6 Å². The Labute approximate surface area is 101 Å². The first-order chi connectivity index (χ1) is 7.49. The highest BCUT2D eigenvalue weighted by atomic mass is 35.5. The van der Waals surface area contributed by atoms with Gasteiger partial charge in [-0.1, -0.05) is 6.92 Å². The molecule has 0 spiro atoms. The topological polar surface area (TPSA) is 64.0 Å². The van der Waals surface area contributed by atoms with Crippen molar-refractivity contribution in [3.8, 4) is 0 Å². The molecule has 16 heavy (non-hydrogen) atoms. The van der Waals surface area contributed by atoms with Crippen LogP contribution in [-0.2, 0) is 17.1 Å². The van der Waals surface area contributed by atoms with Gasteiger partial charge in [-0.2, -0.15) is 0 Å². The maximum Gasteiger partial charge on any atom is 0.259 e. The molecule has 1 N–H and O–H groups in total. The number of aromatic nitrogens is 2. The lowest BCUT2D eigenvalue weighted by Gasteiger charge is -2.14. The number of nitrogens with zero attached hydrogens (tertiary/aromatic N) is 2. The Kier molecular flexibility index (Phi) is 4.76. The molecule has 1 rings (SSSR count). The molecule has 0 aromatic carbocycles. The van der Waals surface area contributed by atoms with E-state index in [1.807, 2.05) is 6.92 Å². The molecule has 0 aliphatic heterocycles. The molecule has 0 radical (unpaired) electrons. The van der Waals surface area contributed by atoms with E-state index in [1.54, 1.807) is 11.6 Å². The summed E-state index contributed by atoms with van der Waals surface area (Å²) >= 11 is 5.60. The van der Waals surface area contributed by atoms with Gasteiger partial charge in [-0.05, 0) is 12.8 Å². The van der Waals surface area contributed by atoms with Crippen molar-refractivity contribution in [1.82, 2.24) is 14.3 Å². The van der Waals surface area contributed by atoms with Gasteiger partial charge in [0, 0.05) is 25.2 Å². The van der Waals surface area contributed by atoms with Crippen LogP contribution in [0, 0.1) is 0 Å². The van der Waals surface area contributed by atoms with Crippen LogP contribution < -0.4 is 4.72 Å². The van der Waals surface area contributed by atoms with E-state index in [2.05, 4.69) is 9.71 Å². The molecule has 1 atom stereocenters. The van der Waals surface area contributed by atoms with Crippen LogP contribution in [0.25, 0.3) is 0 Å². The van der Waals surface area contributed by atoms with Crippen molar-refractivity contribution in [2.24, 2.45) is 7.05 Å². The lowest BCUT2D eigenvalue weighted by molar-refractivity contribution is 0.529. The monoisotopic (exact) mass is 265 g/mol. The average Bonchev–Trinajstić information content (AvgIpc) is 2.64. The van der Waals surface area contributed by atoms with E-state index in [-0.39, 0.29) is 11.1 Å². The van der Waals surface area contributed by atoms with Crippen LogP contribution in [0.5, 0.6) is 0 Å². The Morgan fingerprint density at radius 3 is 2.75 bits per heavy atom. The summed E-state index contributed by atoms with van der Waals surface area (Å²) in [7, 11) is -1.79. The highest BCUT2D eigenvalue weighted by molar-refractivity contribution is 7.89. The lowest BCUT2D eigenvalue weighted by Crippen LogP contribution is -2.34. The molecule has 0 saturated heterocycles. The van der Waals surface area contributed by atoms with Crippen LogP contribution in [0.1, 0.15) is 19.8 Å². The third-order valence-electron chi connectivity index (χ3n) is 2.23. The smallest absolute Gasteiger partial charge is 0.259 e. The molecule has 7 heteroatoms. The zero-order chi connectivity index (χ0) is 12.2. The number of rotatable bonds is 6. The van der Waals surface area contributed by atoms with Gasteiger partial charge in [-0.3, -0.25) is 0 Å². The minimum Gasteiger partial charge on any atom is -0.339 e. The van der Waals surface area contributed by atoms with Gasteiger partial charge in [0.2, 0.25) is 0 Å². The largest absolute Gasteiger partial charge is 0.339 e. The fraction of sp³-hybridized carbons (Fsp3) is 0.667. The van der Waals surface area contributed by atoms with Crippen LogP contribution in [0.4, 0.5) is 0 Å². The zero-order valence-corrected chi connectivity index (χ0v) is 10.9. The number of nitrogens with one attached hydrogen (secondary N) is 1. The zero-order valence-electron chi connectivity index (χ0n) is 9.35. The minimum atomic E-state index is -3.51. The summed E-state index contributed by atoms with van der Waals surface area (Å²) in [5, 5.41) is 0.0445. The molecule has 0 fully saturated rings. The quantitative estimate of drug-likeness (QED) is 0.784. The molecule has 0 bridgehead atoms. The van der Waals surface area contributed by atoms with Crippen molar-refractivity contribution in [2.75, 3.05) is 5.88 Å². The Morgan fingerprint density at radius 1 is 1.62 bits per heavy atom. The summed E-state index contributed by atoms with van der Waals surface area (Å²) in [6, 6.07) is -0.135. The third kappa shape index (κ3) is 3.47. The number of aryl methyl sites for hydroxylation is 1. The summed E-state index contributed by atoms with van der Waals surface area (Å²) in [4.78, 5) is 3.81. The lowest BCUT2D eigenvalue weighted by atomic mass is 10.2. The molecule has 1 heterocycles. The number of imidazole rings is 1. The second-order valence-corrected chi connectivity index (χ2v) is 5.62. The molecule has 1 aromatic heterocycles. The highest BCUT2D eigenvalue weighted by Gasteiger charge is 2.20. The molecule has 0 aliphatic carbocycles. The SMILES string of the molecule is CCC(CCCl)NS(=O)(=O)c1cn(C)cn1. The molecule has 0 saturated carbocycles. The van der Waals surface area contributed by atoms with E-state index in [0.29, 0.717) is 18.7 Å². The maximum atomic E-state index is 11.9. The van der Waals surface area contributed by atoms with E-state index < -0.39 is 10.0 Å². The fourth-order valence-electron chi connectivity index (χ4n) is 1.29. The van der Waals surface area contributed by atoms with E-state index in [1.165, 1.54) is 12.5 Å².